The zero-order valence-electron chi connectivity index (χ0n) is 41.8. The predicted molar refractivity (Wildman–Crippen MR) is 276 cm³/mol. The van der Waals surface area contributed by atoms with Crippen LogP contribution in [0.5, 0.6) is 0 Å². The lowest BCUT2D eigenvalue weighted by Gasteiger charge is -2.48. The fourth-order valence-electron chi connectivity index (χ4n) is 8.59. The van der Waals surface area contributed by atoms with Crippen molar-refractivity contribution in [3.8, 4) is 0 Å². The summed E-state index contributed by atoms with van der Waals surface area (Å²) in [5.74, 6) is -6.72. The molecule has 0 saturated carbocycles. The van der Waals surface area contributed by atoms with Crippen molar-refractivity contribution in [2.75, 3.05) is 13.2 Å². The molecule has 2 heterocycles. The minimum absolute atomic E-state index is 0.00210. The smallest absolute Gasteiger partial charge is 0.338 e. The number of rotatable bonds is 18. The maximum Gasteiger partial charge on any atom is 0.338 e. The van der Waals surface area contributed by atoms with E-state index >= 15 is 0 Å². The van der Waals surface area contributed by atoms with Gasteiger partial charge in [-0.05, 0) is 84.9 Å². The van der Waals surface area contributed by atoms with Crippen molar-refractivity contribution in [1.29, 1.82) is 0 Å². The molecule has 7 aromatic carbocycles. The topological polar surface area (TPSA) is 232 Å². The van der Waals surface area contributed by atoms with Gasteiger partial charge in [-0.25, -0.2) is 33.6 Å². The van der Waals surface area contributed by atoms with Gasteiger partial charge in [0.25, 0.3) is 0 Å². The van der Waals surface area contributed by atoms with E-state index in [9.17, 15) is 38.7 Å². The van der Waals surface area contributed by atoms with Crippen LogP contribution in [0.3, 0.4) is 0 Å². The molecule has 0 amide bonds. The first-order valence-electron chi connectivity index (χ1n) is 24.9. The summed E-state index contributed by atoms with van der Waals surface area (Å²) in [7, 11) is 0. The van der Waals surface area contributed by atoms with Gasteiger partial charge in [-0.3, -0.25) is 0 Å². The molecule has 2 aliphatic rings. The van der Waals surface area contributed by atoms with Crippen LogP contribution in [0.15, 0.2) is 212 Å². The van der Waals surface area contributed by atoms with Crippen LogP contribution >= 0.6 is 0 Å². The van der Waals surface area contributed by atoms with Gasteiger partial charge in [0, 0.05) is 0 Å². The molecule has 0 spiro atoms. The minimum atomic E-state index is -2.12. The van der Waals surface area contributed by atoms with Crippen molar-refractivity contribution >= 4 is 41.8 Å². The van der Waals surface area contributed by atoms with Gasteiger partial charge in [0.15, 0.2) is 43.1 Å². The van der Waals surface area contributed by atoms with Crippen molar-refractivity contribution in [3.63, 3.8) is 0 Å². The summed E-state index contributed by atoms with van der Waals surface area (Å²) in [4.78, 5) is 98.6. The molecule has 1 N–H and O–H groups in total. The summed E-state index contributed by atoms with van der Waals surface area (Å²) >= 11 is 0. The number of benzene rings is 7. The largest absolute Gasteiger partial charge is 0.459 e. The average Bonchev–Trinajstić information content (AvgIpc) is 3.51. The number of carbonyl (C=O) groups excluding carboxylic acids is 7. The molecule has 0 radical (unpaired) electrons. The molecular weight excluding hydrogens is 1020 g/mol. The third-order valence-corrected chi connectivity index (χ3v) is 12.5. The average molecular weight is 1070 g/mol. The number of esters is 7. The SMILES string of the molecule is O=C(OC[C@H]1OC(O)[C@H](OC(=O)c2ccccc2)[C@@H](OC(=O)c2ccccc2)[C@@H]1OC1O[C@H](COC(=O)c2ccccc2)[C@@H](OC(=O)c2ccccc2)[C@H](OC(=O)c2ccccc2)[C@H]1OC(=O)c1ccccc1)c1ccccc1. The third-order valence-electron chi connectivity index (χ3n) is 12.5. The summed E-state index contributed by atoms with van der Waals surface area (Å²) in [6.45, 7) is -1.50. The number of carbonyl (C=O) groups is 7. The summed E-state index contributed by atoms with van der Waals surface area (Å²) in [6.07, 6.45) is -19.0. The number of aliphatic hydroxyl groups is 1. The number of ether oxygens (including phenoxy) is 10. The molecule has 9 rings (SSSR count). The second-order valence-corrected chi connectivity index (χ2v) is 17.8. The zero-order chi connectivity index (χ0) is 55.1. The van der Waals surface area contributed by atoms with Crippen LogP contribution in [0.4, 0.5) is 0 Å². The number of aliphatic hydroxyl groups excluding tert-OH is 1. The van der Waals surface area contributed by atoms with Crippen LogP contribution in [0.2, 0.25) is 0 Å². The van der Waals surface area contributed by atoms with E-state index in [1.807, 2.05) is 0 Å². The van der Waals surface area contributed by atoms with Crippen LogP contribution in [-0.4, -0.2) is 122 Å². The lowest BCUT2D eigenvalue weighted by molar-refractivity contribution is -0.352. The molecule has 10 atom stereocenters. The molecule has 2 fully saturated rings. The molecule has 0 aliphatic carbocycles. The van der Waals surface area contributed by atoms with Crippen LogP contribution in [-0.2, 0) is 47.4 Å². The van der Waals surface area contributed by atoms with Crippen molar-refractivity contribution < 1.29 is 86.0 Å². The van der Waals surface area contributed by atoms with Gasteiger partial charge in [0.05, 0.1) is 38.9 Å². The summed E-state index contributed by atoms with van der Waals surface area (Å²) in [5, 5.41) is 11.9. The minimum Gasteiger partial charge on any atom is -0.459 e. The Kier molecular flexibility index (Phi) is 18.0. The Bertz CT molecular complexity index is 3170. The molecule has 0 aromatic heterocycles. The van der Waals surface area contributed by atoms with Crippen molar-refractivity contribution in [3.05, 3.63) is 251 Å². The Morgan fingerprint density at radius 2 is 0.557 bits per heavy atom. The lowest BCUT2D eigenvalue weighted by atomic mass is 9.95. The molecule has 18 heteroatoms. The number of hydrogen-bond donors (Lipinski definition) is 1. The molecule has 7 aromatic rings. The van der Waals surface area contributed by atoms with Gasteiger partial charge in [0.2, 0.25) is 0 Å². The van der Waals surface area contributed by atoms with Crippen LogP contribution < -0.4 is 0 Å². The predicted octanol–water partition coefficient (Wildman–Crippen LogP) is 7.66. The van der Waals surface area contributed by atoms with E-state index in [1.54, 1.807) is 127 Å². The maximum absolute atomic E-state index is 14.5. The molecular formula is C61H50O18. The van der Waals surface area contributed by atoms with Crippen LogP contribution in [0.25, 0.3) is 0 Å². The van der Waals surface area contributed by atoms with E-state index in [0.29, 0.717) is 0 Å². The van der Waals surface area contributed by atoms with E-state index in [0.717, 1.165) is 0 Å². The second-order valence-electron chi connectivity index (χ2n) is 17.8. The van der Waals surface area contributed by atoms with E-state index in [2.05, 4.69) is 0 Å². The molecule has 0 bridgehead atoms. The lowest BCUT2D eigenvalue weighted by Crippen LogP contribution is -2.67. The highest BCUT2D eigenvalue weighted by Gasteiger charge is 2.58. The van der Waals surface area contributed by atoms with E-state index < -0.39 is 116 Å². The van der Waals surface area contributed by atoms with Gasteiger partial charge >= 0.3 is 41.8 Å². The van der Waals surface area contributed by atoms with Gasteiger partial charge in [-0.2, -0.15) is 0 Å². The highest BCUT2D eigenvalue weighted by molar-refractivity contribution is 5.93. The Hall–Kier alpha value is -9.33. The fraction of sp³-hybridized carbons (Fsp3) is 0.197. The molecule has 2 saturated heterocycles. The van der Waals surface area contributed by atoms with Crippen molar-refractivity contribution in [2.24, 2.45) is 0 Å². The number of hydrogen-bond acceptors (Lipinski definition) is 18. The second kappa shape index (κ2) is 26.1. The Morgan fingerprint density at radius 1 is 0.304 bits per heavy atom. The first kappa shape index (κ1) is 54.5. The van der Waals surface area contributed by atoms with E-state index in [1.165, 1.54) is 84.9 Å². The Morgan fingerprint density at radius 3 is 0.886 bits per heavy atom. The summed E-state index contributed by atoms with van der Waals surface area (Å²) < 4.78 is 62.0. The normalized spacial score (nSPS) is 22.4. The van der Waals surface area contributed by atoms with Gasteiger partial charge in [-0.1, -0.05) is 127 Å². The van der Waals surface area contributed by atoms with Crippen LogP contribution in [0, 0.1) is 0 Å². The highest BCUT2D eigenvalue weighted by Crippen LogP contribution is 2.36. The molecule has 2 unspecified atom stereocenters. The molecule has 18 nitrogen and oxygen atoms in total. The van der Waals surface area contributed by atoms with Crippen LogP contribution in [0.1, 0.15) is 72.5 Å². The Labute approximate surface area is 452 Å². The van der Waals surface area contributed by atoms with Crippen molar-refractivity contribution in [2.45, 2.75) is 61.4 Å². The first-order valence-corrected chi connectivity index (χ1v) is 24.9. The van der Waals surface area contributed by atoms with Gasteiger partial charge < -0.3 is 52.5 Å². The molecule has 402 valence electrons. The quantitative estimate of drug-likeness (QED) is 0.0642. The summed E-state index contributed by atoms with van der Waals surface area (Å²) in [5.41, 5.74) is 0.298. The third kappa shape index (κ3) is 13.8. The monoisotopic (exact) mass is 1070 g/mol. The Balaban J connectivity index is 1.18. The highest BCUT2D eigenvalue weighted by atomic mass is 16.8. The fourth-order valence-corrected chi connectivity index (χ4v) is 8.59. The maximum atomic E-state index is 14.5. The standard InChI is InChI=1S/C61H50O18/c62-53(38-22-8-1-9-23-38)70-36-45-48(49(75-56(65)41-28-14-4-15-29-41)51(60(69)72-45)77-58(67)43-32-18-6-19-33-43)79-61-52(78-59(68)44-34-20-7-21-35-44)50(76-57(66)42-30-16-5-17-31-42)47(74-55(64)40-26-12-3-13-27-40)46(73-61)37-71-54(63)39-24-10-2-11-25-39/h1-35,45-52,60-61,69H,36-37H2/t45-,46-,47-,48-,49+,50+,51-,52-,60?,61?/m1/s1. The molecule has 79 heavy (non-hydrogen) atoms. The first-order chi connectivity index (χ1) is 38.5. The summed E-state index contributed by atoms with van der Waals surface area (Å²) in [6, 6.07) is 54.1. The molecule has 2 aliphatic heterocycles. The van der Waals surface area contributed by atoms with Gasteiger partial charge in [-0.15, -0.1) is 0 Å². The van der Waals surface area contributed by atoms with E-state index in [-0.39, 0.29) is 38.9 Å². The van der Waals surface area contributed by atoms with E-state index in [4.69, 9.17) is 47.4 Å². The zero-order valence-corrected chi connectivity index (χ0v) is 41.8. The van der Waals surface area contributed by atoms with Gasteiger partial charge in [0.1, 0.15) is 31.5 Å². The van der Waals surface area contributed by atoms with Crippen molar-refractivity contribution in [1.82, 2.24) is 0 Å².